The molecular formula is C26H35N7O5. The van der Waals surface area contributed by atoms with Gasteiger partial charge in [-0.05, 0) is 43.9 Å². The lowest BCUT2D eigenvalue weighted by molar-refractivity contribution is -0.134. The number of ether oxygens (including phenoxy) is 1. The first-order valence-electron chi connectivity index (χ1n) is 11.8. The number of methoxy groups -OCH3 is 1. The highest BCUT2D eigenvalue weighted by Gasteiger charge is 2.10. The minimum absolute atomic E-state index is 0.351. The third-order valence-electron chi connectivity index (χ3n) is 5.35. The number of aliphatic carboxylic acids is 1. The van der Waals surface area contributed by atoms with E-state index in [2.05, 4.69) is 57.0 Å². The lowest BCUT2D eigenvalue weighted by atomic mass is 10.2. The molecule has 4 aromatic rings. The zero-order chi connectivity index (χ0) is 28.2. The molecule has 0 bridgehead atoms. The van der Waals surface area contributed by atoms with Crippen LogP contribution in [0, 0.1) is 0 Å². The molecule has 0 aliphatic carbocycles. The number of carbonyl (C=O) groups is 1. The number of hydrogen-bond donors (Lipinski definition) is 2. The predicted molar refractivity (Wildman–Crippen MR) is 147 cm³/mol. The molecule has 0 aliphatic rings. The van der Waals surface area contributed by atoms with E-state index in [1.54, 1.807) is 14.2 Å². The Morgan fingerprint density at radius 3 is 2.24 bits per heavy atom. The third-order valence-corrected chi connectivity index (χ3v) is 5.35. The fraction of sp³-hybridized carbons (Fsp3) is 0.346. The lowest BCUT2D eigenvalue weighted by Gasteiger charge is -2.25. The Labute approximate surface area is 220 Å². The molecule has 0 aliphatic heterocycles. The summed E-state index contributed by atoms with van der Waals surface area (Å²) in [5, 5.41) is 7.42. The number of aryl methyl sites for hydroxylation is 1. The first-order chi connectivity index (χ1) is 18.0. The van der Waals surface area contributed by atoms with E-state index in [1.165, 1.54) is 23.5 Å². The van der Waals surface area contributed by atoms with Gasteiger partial charge in [0, 0.05) is 46.9 Å². The summed E-state index contributed by atoms with van der Waals surface area (Å²) in [6.45, 7) is 3.86. The van der Waals surface area contributed by atoms with Gasteiger partial charge in [-0.25, -0.2) is 14.8 Å². The number of nitrogens with one attached hydrogen (secondary N) is 1. The maximum atomic E-state index is 11.4. The quantitative estimate of drug-likeness (QED) is 0.369. The summed E-state index contributed by atoms with van der Waals surface area (Å²) >= 11 is 0. The summed E-state index contributed by atoms with van der Waals surface area (Å²) in [4.78, 5) is 47.3. The Bertz CT molecular complexity index is 1410. The summed E-state index contributed by atoms with van der Waals surface area (Å²) in [5.74, 6) is 1.06. The van der Waals surface area contributed by atoms with Crippen LogP contribution in [0.3, 0.4) is 0 Å². The number of nitrogens with zero attached hydrogens (tertiary/aromatic N) is 6. The number of aromatic amines is 1. The molecule has 3 heterocycles. The highest BCUT2D eigenvalue weighted by Crippen LogP contribution is 2.16. The smallest absolute Gasteiger partial charge is 0.332 e. The number of imidazole rings is 1. The summed E-state index contributed by atoms with van der Waals surface area (Å²) in [7, 11) is 8.87. The number of anilines is 1. The molecule has 38 heavy (non-hydrogen) atoms. The molecule has 0 saturated carbocycles. The van der Waals surface area contributed by atoms with Crippen molar-refractivity contribution in [1.82, 2.24) is 29.0 Å². The first-order valence-corrected chi connectivity index (χ1v) is 11.8. The number of benzene rings is 1. The zero-order valence-electron chi connectivity index (χ0n) is 22.6. The highest BCUT2D eigenvalue weighted by molar-refractivity contribution is 5.68. The fourth-order valence-corrected chi connectivity index (χ4v) is 3.36. The van der Waals surface area contributed by atoms with Gasteiger partial charge >= 0.3 is 5.69 Å². The van der Waals surface area contributed by atoms with E-state index in [0.29, 0.717) is 11.2 Å². The number of pyridine rings is 1. The van der Waals surface area contributed by atoms with Crippen molar-refractivity contribution >= 4 is 23.0 Å². The maximum absolute atomic E-state index is 11.4. The van der Waals surface area contributed by atoms with Gasteiger partial charge in [0.15, 0.2) is 5.65 Å². The van der Waals surface area contributed by atoms with Gasteiger partial charge in [-0.3, -0.25) is 18.7 Å². The Morgan fingerprint density at radius 1 is 1.03 bits per heavy atom. The SMILES string of the molecule is CC(=O)O.COc1ccc(CN(CCN(C)C)c2ccccn2)cc1.Cn1c(=O)c2[nH]cnc2n(C)c1=O. The third kappa shape index (κ3) is 8.59. The second-order valence-electron chi connectivity index (χ2n) is 8.59. The Morgan fingerprint density at radius 2 is 1.68 bits per heavy atom. The van der Waals surface area contributed by atoms with Crippen LogP contribution in [0.5, 0.6) is 5.75 Å². The molecule has 204 valence electrons. The van der Waals surface area contributed by atoms with Crippen molar-refractivity contribution in [2.75, 3.05) is 39.2 Å². The molecule has 0 saturated heterocycles. The molecule has 0 spiro atoms. The molecule has 4 rings (SSSR count). The number of hydrogen-bond acceptors (Lipinski definition) is 8. The van der Waals surface area contributed by atoms with Crippen LogP contribution in [0.1, 0.15) is 12.5 Å². The van der Waals surface area contributed by atoms with Crippen molar-refractivity contribution in [2.24, 2.45) is 14.1 Å². The molecule has 0 amide bonds. The molecule has 0 radical (unpaired) electrons. The summed E-state index contributed by atoms with van der Waals surface area (Å²) in [6, 6.07) is 14.2. The lowest BCUT2D eigenvalue weighted by Crippen LogP contribution is -2.36. The van der Waals surface area contributed by atoms with Gasteiger partial charge in [0.1, 0.15) is 17.1 Å². The standard InChI is InChI=1S/C17H23N3O.C7H8N4O2.C2H4O2/c1-19(2)12-13-20(17-6-4-5-11-18-17)14-15-7-9-16(21-3)10-8-15;1-10-5-4(8-3-9-5)6(12)11(2)7(10)13;1-2(3)4/h4-11H,12-14H2,1-3H3;3H,1-2H3,(H,8,9);1H3,(H,3,4). The predicted octanol–water partition coefficient (Wildman–Crippen LogP) is 1.71. The summed E-state index contributed by atoms with van der Waals surface area (Å²) in [6.07, 6.45) is 3.23. The van der Waals surface area contributed by atoms with E-state index in [4.69, 9.17) is 14.6 Å². The van der Waals surface area contributed by atoms with Crippen LogP contribution in [-0.4, -0.2) is 74.4 Å². The Hall–Kier alpha value is -4.45. The largest absolute Gasteiger partial charge is 0.497 e. The van der Waals surface area contributed by atoms with Gasteiger partial charge < -0.3 is 24.6 Å². The number of rotatable bonds is 7. The number of carboxylic acid groups (broad SMARTS) is 1. The molecular weight excluding hydrogens is 490 g/mol. The highest BCUT2D eigenvalue weighted by atomic mass is 16.5. The molecule has 0 atom stereocenters. The molecule has 3 aromatic heterocycles. The minimum Gasteiger partial charge on any atom is -0.497 e. The fourth-order valence-electron chi connectivity index (χ4n) is 3.36. The van der Waals surface area contributed by atoms with Crippen LogP contribution in [-0.2, 0) is 25.4 Å². The van der Waals surface area contributed by atoms with Crippen LogP contribution in [0.4, 0.5) is 5.82 Å². The van der Waals surface area contributed by atoms with Gasteiger partial charge in [0.2, 0.25) is 0 Å². The Kier molecular flexibility index (Phi) is 11.2. The number of fused-ring (bicyclic) bond motifs is 1. The van der Waals surface area contributed by atoms with Gasteiger partial charge in [-0.2, -0.15) is 0 Å². The summed E-state index contributed by atoms with van der Waals surface area (Å²) < 4.78 is 7.57. The van der Waals surface area contributed by atoms with E-state index < -0.39 is 5.97 Å². The van der Waals surface area contributed by atoms with Gasteiger partial charge in [-0.1, -0.05) is 18.2 Å². The normalized spacial score (nSPS) is 10.3. The monoisotopic (exact) mass is 525 g/mol. The van der Waals surface area contributed by atoms with Gasteiger partial charge in [-0.15, -0.1) is 0 Å². The van der Waals surface area contributed by atoms with Crippen molar-refractivity contribution in [3.63, 3.8) is 0 Å². The van der Waals surface area contributed by atoms with E-state index in [0.717, 1.165) is 42.7 Å². The van der Waals surface area contributed by atoms with Crippen molar-refractivity contribution in [3.8, 4) is 5.75 Å². The first kappa shape index (κ1) is 29.8. The van der Waals surface area contributed by atoms with Crippen molar-refractivity contribution < 1.29 is 14.6 Å². The van der Waals surface area contributed by atoms with E-state index in [9.17, 15) is 9.59 Å². The van der Waals surface area contributed by atoms with E-state index >= 15 is 0 Å². The number of H-pyrrole nitrogens is 1. The number of likely N-dealkylation sites (N-methyl/N-ethyl adjacent to an activating group) is 1. The molecule has 12 heteroatoms. The van der Waals surface area contributed by atoms with Crippen LogP contribution in [0.15, 0.2) is 64.6 Å². The van der Waals surface area contributed by atoms with Gasteiger partial charge in [0.05, 0.1) is 13.4 Å². The average molecular weight is 526 g/mol. The van der Waals surface area contributed by atoms with Crippen LogP contribution >= 0.6 is 0 Å². The number of carboxylic acids is 1. The van der Waals surface area contributed by atoms with Crippen molar-refractivity contribution in [2.45, 2.75) is 13.5 Å². The molecule has 0 fully saturated rings. The Balaban J connectivity index is 0.000000253. The maximum Gasteiger partial charge on any atom is 0.332 e. The molecule has 1 aromatic carbocycles. The zero-order valence-corrected chi connectivity index (χ0v) is 22.6. The second kappa shape index (κ2) is 14.3. The van der Waals surface area contributed by atoms with Crippen molar-refractivity contribution in [1.29, 1.82) is 0 Å². The van der Waals surface area contributed by atoms with Crippen LogP contribution in [0.2, 0.25) is 0 Å². The number of aromatic nitrogens is 5. The van der Waals surface area contributed by atoms with E-state index in [-0.39, 0.29) is 11.2 Å². The van der Waals surface area contributed by atoms with Crippen LogP contribution in [0.25, 0.3) is 11.2 Å². The second-order valence-corrected chi connectivity index (χ2v) is 8.59. The van der Waals surface area contributed by atoms with Crippen LogP contribution < -0.4 is 20.9 Å². The average Bonchev–Trinajstić information content (AvgIpc) is 3.40. The van der Waals surface area contributed by atoms with Crippen molar-refractivity contribution in [3.05, 3.63) is 81.4 Å². The molecule has 0 unspecified atom stereocenters. The van der Waals surface area contributed by atoms with E-state index in [1.807, 2.05) is 30.5 Å². The minimum atomic E-state index is -0.833. The summed E-state index contributed by atoms with van der Waals surface area (Å²) in [5.41, 5.74) is 1.26. The topological polar surface area (TPSA) is 139 Å². The molecule has 12 nitrogen and oxygen atoms in total. The van der Waals surface area contributed by atoms with Gasteiger partial charge in [0.25, 0.3) is 11.5 Å². The molecule has 2 N–H and O–H groups in total.